The number of methoxy groups -OCH3 is 1. The summed E-state index contributed by atoms with van der Waals surface area (Å²) in [5.41, 5.74) is 1.94. The monoisotopic (exact) mass is 422 g/mol. The van der Waals surface area contributed by atoms with Crippen molar-refractivity contribution in [2.75, 3.05) is 11.8 Å². The molecule has 0 atom stereocenters. The summed E-state index contributed by atoms with van der Waals surface area (Å²) in [4.78, 5) is 8.50. The average Bonchev–Trinajstić information content (AvgIpc) is 3.24. The molecule has 0 bridgehead atoms. The van der Waals surface area contributed by atoms with Crippen molar-refractivity contribution in [3.8, 4) is 17.1 Å². The number of hydrogen-bond acceptors (Lipinski definition) is 7. The van der Waals surface area contributed by atoms with Crippen LogP contribution in [0.25, 0.3) is 11.4 Å². The number of anilines is 1. The molecule has 0 radical (unpaired) electrons. The largest absolute Gasteiger partial charge is 0.497 e. The summed E-state index contributed by atoms with van der Waals surface area (Å²) in [6, 6.07) is 16.8. The lowest BCUT2D eigenvalue weighted by Gasteiger charge is -2.12. The van der Waals surface area contributed by atoms with Crippen molar-refractivity contribution in [1.29, 1.82) is 0 Å². The normalized spacial score (nSPS) is 11.2. The van der Waals surface area contributed by atoms with Crippen molar-refractivity contribution in [3.63, 3.8) is 0 Å². The molecule has 0 saturated heterocycles. The zero-order chi connectivity index (χ0) is 21.0. The molecule has 4 rings (SSSR count). The summed E-state index contributed by atoms with van der Waals surface area (Å²) in [5.74, 6) is 1.40. The van der Waals surface area contributed by atoms with Gasteiger partial charge in [-0.2, -0.15) is 4.98 Å². The van der Waals surface area contributed by atoms with Crippen molar-refractivity contribution < 1.29 is 17.7 Å². The van der Waals surface area contributed by atoms with E-state index in [4.69, 9.17) is 9.26 Å². The first-order valence-corrected chi connectivity index (χ1v) is 10.5. The van der Waals surface area contributed by atoms with E-state index in [2.05, 4.69) is 19.8 Å². The molecule has 4 aromatic rings. The molecule has 30 heavy (non-hydrogen) atoms. The lowest BCUT2D eigenvalue weighted by atomic mass is 10.1. The molecule has 0 aliphatic rings. The quantitative estimate of drug-likeness (QED) is 0.485. The Labute approximate surface area is 173 Å². The average molecular weight is 422 g/mol. The van der Waals surface area contributed by atoms with Gasteiger partial charge in [0.05, 0.1) is 24.1 Å². The summed E-state index contributed by atoms with van der Waals surface area (Å²) in [7, 11) is -2.25. The van der Waals surface area contributed by atoms with Crippen molar-refractivity contribution in [2.45, 2.75) is 11.3 Å². The molecule has 2 heterocycles. The number of benzene rings is 2. The molecule has 152 valence electrons. The van der Waals surface area contributed by atoms with Gasteiger partial charge >= 0.3 is 0 Å². The maximum absolute atomic E-state index is 12.8. The zero-order valence-electron chi connectivity index (χ0n) is 16.0. The molecular formula is C21H18N4O4S. The van der Waals surface area contributed by atoms with Gasteiger partial charge in [0.25, 0.3) is 10.0 Å². The van der Waals surface area contributed by atoms with Crippen LogP contribution in [0.1, 0.15) is 11.5 Å². The molecule has 0 saturated carbocycles. The fourth-order valence-electron chi connectivity index (χ4n) is 2.84. The van der Waals surface area contributed by atoms with Crippen LogP contribution in [0.3, 0.4) is 0 Å². The maximum Gasteiger partial charge on any atom is 0.261 e. The van der Waals surface area contributed by atoms with Crippen LogP contribution in [-0.4, -0.2) is 30.7 Å². The molecule has 0 aliphatic heterocycles. The first kappa shape index (κ1) is 19.6. The van der Waals surface area contributed by atoms with E-state index in [1.165, 1.54) is 19.2 Å². The van der Waals surface area contributed by atoms with E-state index in [0.29, 0.717) is 28.7 Å². The summed E-state index contributed by atoms with van der Waals surface area (Å²) in [6.07, 6.45) is 3.57. The van der Waals surface area contributed by atoms with Crippen LogP contribution in [-0.2, 0) is 16.4 Å². The van der Waals surface area contributed by atoms with Gasteiger partial charge in [-0.05, 0) is 48.0 Å². The van der Waals surface area contributed by atoms with Crippen LogP contribution in [0.15, 0.2) is 82.5 Å². The van der Waals surface area contributed by atoms with E-state index in [0.717, 1.165) is 5.56 Å². The molecule has 0 spiro atoms. The molecule has 9 heteroatoms. The number of para-hydroxylation sites is 1. The number of hydrogen-bond donors (Lipinski definition) is 1. The number of pyridine rings is 1. The van der Waals surface area contributed by atoms with Gasteiger partial charge in [-0.3, -0.25) is 9.71 Å². The van der Waals surface area contributed by atoms with Crippen molar-refractivity contribution in [3.05, 3.63) is 84.5 Å². The van der Waals surface area contributed by atoms with Gasteiger partial charge in [0.1, 0.15) is 5.75 Å². The minimum Gasteiger partial charge on any atom is -0.497 e. The molecule has 2 aromatic carbocycles. The Hall–Kier alpha value is -3.72. The molecule has 1 N–H and O–H groups in total. The second-order valence-electron chi connectivity index (χ2n) is 6.36. The van der Waals surface area contributed by atoms with Gasteiger partial charge in [-0.25, -0.2) is 8.42 Å². The highest BCUT2D eigenvalue weighted by Crippen LogP contribution is 2.24. The zero-order valence-corrected chi connectivity index (χ0v) is 16.8. The summed E-state index contributed by atoms with van der Waals surface area (Å²) < 4.78 is 38.6. The van der Waals surface area contributed by atoms with Gasteiger partial charge in [-0.1, -0.05) is 23.4 Å². The van der Waals surface area contributed by atoms with Crippen LogP contribution >= 0.6 is 0 Å². The lowest BCUT2D eigenvalue weighted by molar-refractivity contribution is 0.386. The van der Waals surface area contributed by atoms with Crippen LogP contribution in [0.2, 0.25) is 0 Å². The van der Waals surface area contributed by atoms with E-state index in [-0.39, 0.29) is 11.3 Å². The molecule has 0 amide bonds. The van der Waals surface area contributed by atoms with E-state index in [9.17, 15) is 8.42 Å². The third-order valence-electron chi connectivity index (χ3n) is 4.38. The maximum atomic E-state index is 12.8. The van der Waals surface area contributed by atoms with Crippen LogP contribution in [0, 0.1) is 0 Å². The van der Waals surface area contributed by atoms with Crippen LogP contribution in [0.4, 0.5) is 5.69 Å². The van der Waals surface area contributed by atoms with E-state index < -0.39 is 10.0 Å². The van der Waals surface area contributed by atoms with Crippen LogP contribution in [0.5, 0.6) is 5.75 Å². The smallest absolute Gasteiger partial charge is 0.261 e. The lowest BCUT2D eigenvalue weighted by Crippen LogP contribution is -2.14. The van der Waals surface area contributed by atoms with Gasteiger partial charge in [-0.15, -0.1) is 0 Å². The Morgan fingerprint density at radius 3 is 2.47 bits per heavy atom. The summed E-state index contributed by atoms with van der Waals surface area (Å²) >= 11 is 0. The Morgan fingerprint density at radius 2 is 1.73 bits per heavy atom. The van der Waals surface area contributed by atoms with E-state index in [1.807, 2.05) is 12.1 Å². The molecule has 0 fully saturated rings. The highest BCUT2D eigenvalue weighted by atomic mass is 32.2. The van der Waals surface area contributed by atoms with Crippen molar-refractivity contribution in [2.24, 2.45) is 0 Å². The van der Waals surface area contributed by atoms with Crippen molar-refractivity contribution in [1.82, 2.24) is 15.1 Å². The molecule has 0 aliphatic carbocycles. The van der Waals surface area contributed by atoms with Gasteiger partial charge < -0.3 is 9.26 Å². The third-order valence-corrected chi connectivity index (χ3v) is 5.76. The first-order valence-electron chi connectivity index (χ1n) is 9.03. The van der Waals surface area contributed by atoms with Crippen LogP contribution < -0.4 is 9.46 Å². The number of nitrogens with one attached hydrogen (secondary N) is 1. The number of sulfonamides is 1. The summed E-state index contributed by atoms with van der Waals surface area (Å²) in [6.45, 7) is 0. The van der Waals surface area contributed by atoms with Crippen molar-refractivity contribution >= 4 is 15.7 Å². The molecule has 8 nitrogen and oxygen atoms in total. The number of ether oxygens (including phenoxy) is 1. The predicted octanol–water partition coefficient (Wildman–Crippen LogP) is 3.53. The molecule has 0 unspecified atom stereocenters. The van der Waals surface area contributed by atoms with Gasteiger partial charge in [0.2, 0.25) is 11.7 Å². The Kier molecular flexibility index (Phi) is 5.44. The highest BCUT2D eigenvalue weighted by Gasteiger charge is 2.17. The SMILES string of the molecule is COc1ccc(S(=O)(=O)Nc2ccccc2Cc2nc(-c3ccncc3)no2)cc1. The third kappa shape index (κ3) is 4.31. The number of aromatic nitrogens is 3. The van der Waals surface area contributed by atoms with Gasteiger partial charge in [0.15, 0.2) is 0 Å². The predicted molar refractivity (Wildman–Crippen MR) is 111 cm³/mol. The fraction of sp³-hybridized carbons (Fsp3) is 0.0952. The fourth-order valence-corrected chi connectivity index (χ4v) is 3.94. The molecular weight excluding hydrogens is 404 g/mol. The summed E-state index contributed by atoms with van der Waals surface area (Å²) in [5, 5.41) is 3.99. The molecule has 2 aromatic heterocycles. The second-order valence-corrected chi connectivity index (χ2v) is 8.04. The Morgan fingerprint density at radius 1 is 1.00 bits per heavy atom. The minimum atomic E-state index is -3.77. The Bertz CT molecular complexity index is 1240. The standard InChI is InChI=1S/C21H18N4O4S/c1-28-17-6-8-18(9-7-17)30(26,27)25-19-5-3-2-4-16(19)14-20-23-21(24-29-20)15-10-12-22-13-11-15/h2-13,25H,14H2,1H3. The first-order chi connectivity index (χ1) is 14.5. The number of nitrogens with zero attached hydrogens (tertiary/aromatic N) is 3. The minimum absolute atomic E-state index is 0.135. The van der Waals surface area contributed by atoms with E-state index in [1.54, 1.807) is 48.8 Å². The topological polar surface area (TPSA) is 107 Å². The second kappa shape index (κ2) is 8.34. The van der Waals surface area contributed by atoms with Gasteiger partial charge in [0, 0.05) is 18.0 Å². The highest BCUT2D eigenvalue weighted by molar-refractivity contribution is 7.92. The van der Waals surface area contributed by atoms with E-state index >= 15 is 0 Å². The Balaban J connectivity index is 1.56. The number of rotatable bonds is 7.